The van der Waals surface area contributed by atoms with E-state index in [-0.39, 0.29) is 10.9 Å². The molecule has 0 unspecified atom stereocenters. The maximum atomic E-state index is 10.7. The molecule has 1 aromatic carbocycles. The van der Waals surface area contributed by atoms with Crippen molar-refractivity contribution in [3.8, 4) is 11.5 Å². The number of rotatable bonds is 5. The minimum atomic E-state index is -0.450. The van der Waals surface area contributed by atoms with Crippen molar-refractivity contribution in [1.29, 1.82) is 0 Å². The maximum absolute atomic E-state index is 10.7. The molecule has 118 valence electrons. The molecule has 0 aliphatic carbocycles. The van der Waals surface area contributed by atoms with Gasteiger partial charge in [0.25, 0.3) is 5.69 Å². The molecule has 3 aromatic rings. The Morgan fingerprint density at radius 3 is 2.65 bits per heavy atom. The van der Waals surface area contributed by atoms with Gasteiger partial charge in [0.1, 0.15) is 0 Å². The molecule has 8 nitrogen and oxygen atoms in total. The largest absolute Gasteiger partial charge is 0.419 e. The maximum Gasteiger partial charge on any atom is 0.269 e. The Balaban J connectivity index is 1.77. The van der Waals surface area contributed by atoms with Crippen molar-refractivity contribution in [1.82, 2.24) is 19.7 Å². The zero-order valence-corrected chi connectivity index (χ0v) is 13.2. The Morgan fingerprint density at radius 2 is 2.04 bits per heavy atom. The fourth-order valence-electron chi connectivity index (χ4n) is 1.92. The van der Waals surface area contributed by atoms with Gasteiger partial charge in [0.15, 0.2) is 5.16 Å². The molecule has 1 atom stereocenters. The Kier molecular flexibility index (Phi) is 4.11. The van der Waals surface area contributed by atoms with Crippen molar-refractivity contribution in [2.45, 2.75) is 17.3 Å². The second kappa shape index (κ2) is 6.21. The highest BCUT2D eigenvalue weighted by Crippen LogP contribution is 2.34. The van der Waals surface area contributed by atoms with Gasteiger partial charge in [-0.15, -0.1) is 10.2 Å². The number of hydrogen-bond acceptors (Lipinski definition) is 7. The first-order valence-electron chi connectivity index (χ1n) is 6.77. The highest BCUT2D eigenvalue weighted by Gasteiger charge is 2.18. The van der Waals surface area contributed by atoms with Gasteiger partial charge in [-0.2, -0.15) is 0 Å². The summed E-state index contributed by atoms with van der Waals surface area (Å²) < 4.78 is 7.58. The number of nitrogens with zero attached hydrogens (tertiary/aromatic N) is 5. The van der Waals surface area contributed by atoms with E-state index in [0.717, 1.165) is 5.16 Å². The van der Waals surface area contributed by atoms with Crippen LogP contribution in [0.3, 0.4) is 0 Å². The van der Waals surface area contributed by atoms with E-state index in [2.05, 4.69) is 15.2 Å². The fraction of sp³-hybridized carbons (Fsp3) is 0.214. The monoisotopic (exact) mass is 331 g/mol. The standard InChI is InChI=1S/C14H13N5O3S/c1-9(23-14-15-7-8-18(14)2)12-16-17-13(22-12)10-3-5-11(6-4-10)19(20)21/h3-9H,1-2H3/t9-/m1/s1. The van der Waals surface area contributed by atoms with E-state index in [9.17, 15) is 10.1 Å². The predicted molar refractivity (Wildman–Crippen MR) is 83.9 cm³/mol. The third-order valence-corrected chi connectivity index (χ3v) is 4.33. The molecule has 0 radical (unpaired) electrons. The first-order chi connectivity index (χ1) is 11.0. The van der Waals surface area contributed by atoms with Crippen LogP contribution in [-0.4, -0.2) is 24.7 Å². The van der Waals surface area contributed by atoms with Gasteiger partial charge in [-0.25, -0.2) is 4.98 Å². The molecule has 0 N–H and O–H groups in total. The molecule has 0 bridgehead atoms. The van der Waals surface area contributed by atoms with Crippen LogP contribution in [0, 0.1) is 10.1 Å². The van der Waals surface area contributed by atoms with E-state index < -0.39 is 4.92 Å². The number of imidazole rings is 1. The minimum absolute atomic E-state index is 0.0206. The summed E-state index contributed by atoms with van der Waals surface area (Å²) >= 11 is 1.51. The molecule has 2 heterocycles. The number of non-ortho nitro benzene ring substituents is 1. The first kappa shape index (κ1) is 15.2. The summed E-state index contributed by atoms with van der Waals surface area (Å²) in [5.74, 6) is 0.813. The van der Waals surface area contributed by atoms with E-state index in [1.54, 1.807) is 18.3 Å². The molecule has 0 amide bonds. The predicted octanol–water partition coefficient (Wildman–Crippen LogP) is 3.23. The van der Waals surface area contributed by atoms with Gasteiger partial charge >= 0.3 is 0 Å². The van der Waals surface area contributed by atoms with Gasteiger partial charge in [0, 0.05) is 37.1 Å². The second-order valence-electron chi connectivity index (χ2n) is 4.83. The lowest BCUT2D eigenvalue weighted by Crippen LogP contribution is -1.94. The number of thioether (sulfide) groups is 1. The van der Waals surface area contributed by atoms with E-state index in [1.165, 1.54) is 23.9 Å². The third-order valence-electron chi connectivity index (χ3n) is 3.17. The van der Waals surface area contributed by atoms with Crippen molar-refractivity contribution in [3.05, 3.63) is 52.7 Å². The lowest BCUT2D eigenvalue weighted by atomic mass is 10.2. The minimum Gasteiger partial charge on any atom is -0.419 e. The Bertz CT molecular complexity index is 827. The lowest BCUT2D eigenvalue weighted by Gasteiger charge is -2.05. The molecule has 0 fully saturated rings. The molecular formula is C14H13N5O3S. The third kappa shape index (κ3) is 3.24. The summed E-state index contributed by atoms with van der Waals surface area (Å²) in [5, 5.41) is 19.5. The van der Waals surface area contributed by atoms with Gasteiger partial charge in [0.05, 0.1) is 10.2 Å². The van der Waals surface area contributed by atoms with Crippen molar-refractivity contribution in [2.24, 2.45) is 7.05 Å². The molecular weight excluding hydrogens is 318 g/mol. The van der Waals surface area contributed by atoms with Crippen LogP contribution >= 0.6 is 11.8 Å². The lowest BCUT2D eigenvalue weighted by molar-refractivity contribution is -0.384. The van der Waals surface area contributed by atoms with Crippen LogP contribution in [0.25, 0.3) is 11.5 Å². The molecule has 3 rings (SSSR count). The Morgan fingerprint density at radius 1 is 1.30 bits per heavy atom. The summed E-state index contributed by atoms with van der Waals surface area (Å²) in [6.07, 6.45) is 3.59. The van der Waals surface area contributed by atoms with Crippen LogP contribution in [0.1, 0.15) is 18.1 Å². The smallest absolute Gasteiger partial charge is 0.269 e. The molecule has 0 saturated heterocycles. The van der Waals surface area contributed by atoms with Crippen molar-refractivity contribution >= 4 is 17.4 Å². The van der Waals surface area contributed by atoms with Crippen molar-refractivity contribution < 1.29 is 9.34 Å². The second-order valence-corrected chi connectivity index (χ2v) is 6.14. The molecule has 2 aromatic heterocycles. The summed E-state index contributed by atoms with van der Waals surface area (Å²) in [6, 6.07) is 5.99. The zero-order valence-electron chi connectivity index (χ0n) is 12.4. The van der Waals surface area contributed by atoms with Crippen LogP contribution in [0.2, 0.25) is 0 Å². The van der Waals surface area contributed by atoms with E-state index in [0.29, 0.717) is 17.3 Å². The number of aromatic nitrogens is 4. The molecule has 9 heteroatoms. The SMILES string of the molecule is C[C@@H](Sc1nccn1C)c1nnc(-c2ccc([N+](=O)[O-])cc2)o1. The van der Waals surface area contributed by atoms with E-state index in [4.69, 9.17) is 4.42 Å². The highest BCUT2D eigenvalue weighted by atomic mass is 32.2. The first-order valence-corrected chi connectivity index (χ1v) is 7.65. The summed E-state index contributed by atoms with van der Waals surface area (Å²) in [6.45, 7) is 1.95. The quantitative estimate of drug-likeness (QED) is 0.402. The molecule has 0 spiro atoms. The summed E-state index contributed by atoms with van der Waals surface area (Å²) in [4.78, 5) is 14.5. The van der Waals surface area contributed by atoms with Gasteiger partial charge in [-0.1, -0.05) is 11.8 Å². The topological polar surface area (TPSA) is 99.9 Å². The molecule has 0 saturated carbocycles. The van der Waals surface area contributed by atoms with Gasteiger partial charge < -0.3 is 8.98 Å². The number of nitro benzene ring substituents is 1. The van der Waals surface area contributed by atoms with E-state index >= 15 is 0 Å². The van der Waals surface area contributed by atoms with Gasteiger partial charge in [0.2, 0.25) is 11.8 Å². The van der Waals surface area contributed by atoms with Crippen LogP contribution in [0.5, 0.6) is 0 Å². The number of nitro groups is 1. The molecule has 0 aliphatic heterocycles. The van der Waals surface area contributed by atoms with Crippen LogP contribution in [-0.2, 0) is 7.05 Å². The number of aryl methyl sites for hydroxylation is 1. The average molecular weight is 331 g/mol. The summed E-state index contributed by atoms with van der Waals surface area (Å²) in [7, 11) is 1.91. The van der Waals surface area contributed by atoms with Crippen LogP contribution < -0.4 is 0 Å². The van der Waals surface area contributed by atoms with Crippen LogP contribution in [0.4, 0.5) is 5.69 Å². The van der Waals surface area contributed by atoms with Crippen molar-refractivity contribution in [3.63, 3.8) is 0 Å². The van der Waals surface area contributed by atoms with Gasteiger partial charge in [-0.3, -0.25) is 10.1 Å². The molecule has 23 heavy (non-hydrogen) atoms. The Labute approximate surface area is 135 Å². The Hall–Kier alpha value is -2.68. The van der Waals surface area contributed by atoms with Crippen LogP contribution in [0.15, 0.2) is 46.2 Å². The fourth-order valence-corrected chi connectivity index (χ4v) is 2.78. The zero-order chi connectivity index (χ0) is 16.4. The average Bonchev–Trinajstić information content (AvgIpc) is 3.17. The number of hydrogen-bond donors (Lipinski definition) is 0. The highest BCUT2D eigenvalue weighted by molar-refractivity contribution is 7.99. The van der Waals surface area contributed by atoms with Crippen molar-refractivity contribution in [2.75, 3.05) is 0 Å². The normalized spacial score (nSPS) is 12.3. The summed E-state index contributed by atoms with van der Waals surface area (Å²) in [5.41, 5.74) is 0.663. The van der Waals surface area contributed by atoms with E-state index in [1.807, 2.05) is 24.7 Å². The molecule has 0 aliphatic rings. The van der Waals surface area contributed by atoms with Gasteiger partial charge in [-0.05, 0) is 19.1 Å². The number of benzene rings is 1.